The molecule has 0 fully saturated rings. The number of ether oxygens (including phenoxy) is 1. The largest absolute Gasteiger partial charge is 0.496 e. The summed E-state index contributed by atoms with van der Waals surface area (Å²) in [7, 11) is 1.57. The average Bonchev–Trinajstić information content (AvgIpc) is 2.63. The van der Waals surface area contributed by atoms with Crippen molar-refractivity contribution < 1.29 is 13.9 Å². The SMILES string of the molecule is COc1cc(C=O)cc2occc12. The average molecular weight is 176 g/mol. The van der Waals surface area contributed by atoms with Crippen LogP contribution in [-0.2, 0) is 0 Å². The highest BCUT2D eigenvalue weighted by atomic mass is 16.5. The molecule has 0 N–H and O–H groups in total. The van der Waals surface area contributed by atoms with Gasteiger partial charge in [0.25, 0.3) is 0 Å². The summed E-state index contributed by atoms with van der Waals surface area (Å²) in [6.07, 6.45) is 2.34. The molecule has 0 atom stereocenters. The van der Waals surface area contributed by atoms with Crippen molar-refractivity contribution in [2.75, 3.05) is 7.11 Å². The molecule has 0 saturated heterocycles. The van der Waals surface area contributed by atoms with E-state index in [4.69, 9.17) is 9.15 Å². The van der Waals surface area contributed by atoms with Crippen LogP contribution in [0.2, 0.25) is 0 Å². The van der Waals surface area contributed by atoms with Gasteiger partial charge in [0.05, 0.1) is 18.8 Å². The van der Waals surface area contributed by atoms with Gasteiger partial charge in [0.2, 0.25) is 0 Å². The number of methoxy groups -OCH3 is 1. The van der Waals surface area contributed by atoms with E-state index in [0.717, 1.165) is 11.7 Å². The van der Waals surface area contributed by atoms with Gasteiger partial charge in [-0.1, -0.05) is 0 Å². The van der Waals surface area contributed by atoms with Crippen molar-refractivity contribution in [2.45, 2.75) is 0 Å². The van der Waals surface area contributed by atoms with Crippen LogP contribution in [0.15, 0.2) is 28.9 Å². The molecule has 0 aliphatic carbocycles. The Hall–Kier alpha value is -1.77. The maximum absolute atomic E-state index is 10.5. The van der Waals surface area contributed by atoms with Gasteiger partial charge in [0.1, 0.15) is 17.6 Å². The highest BCUT2D eigenvalue weighted by Crippen LogP contribution is 2.27. The molecule has 66 valence electrons. The molecule has 3 nitrogen and oxygen atoms in total. The van der Waals surface area contributed by atoms with Gasteiger partial charge in [0.15, 0.2) is 0 Å². The van der Waals surface area contributed by atoms with E-state index in [2.05, 4.69) is 0 Å². The number of carbonyl (C=O) groups is 1. The monoisotopic (exact) mass is 176 g/mol. The van der Waals surface area contributed by atoms with Crippen molar-refractivity contribution in [2.24, 2.45) is 0 Å². The Morgan fingerprint density at radius 2 is 2.31 bits per heavy atom. The van der Waals surface area contributed by atoms with E-state index >= 15 is 0 Å². The Balaban J connectivity index is 2.77. The fraction of sp³-hybridized carbons (Fsp3) is 0.100. The van der Waals surface area contributed by atoms with Crippen molar-refractivity contribution >= 4 is 17.3 Å². The van der Waals surface area contributed by atoms with E-state index in [-0.39, 0.29) is 0 Å². The first-order valence-electron chi connectivity index (χ1n) is 3.85. The molecule has 0 amide bonds. The number of fused-ring (bicyclic) bond motifs is 1. The molecule has 0 aliphatic heterocycles. The minimum absolute atomic E-state index is 0.555. The van der Waals surface area contributed by atoms with E-state index in [1.807, 2.05) is 6.07 Å². The molecule has 3 heteroatoms. The quantitative estimate of drug-likeness (QED) is 0.659. The molecule has 0 saturated carbocycles. The van der Waals surface area contributed by atoms with Crippen LogP contribution in [0.1, 0.15) is 10.4 Å². The molecule has 1 aromatic heterocycles. The first-order valence-corrected chi connectivity index (χ1v) is 3.85. The lowest BCUT2D eigenvalue weighted by Gasteiger charge is -2.01. The van der Waals surface area contributed by atoms with Crippen LogP contribution in [0.5, 0.6) is 5.75 Å². The molecule has 0 bridgehead atoms. The van der Waals surface area contributed by atoms with Crippen LogP contribution >= 0.6 is 0 Å². The Morgan fingerprint density at radius 3 is 3.00 bits per heavy atom. The minimum Gasteiger partial charge on any atom is -0.496 e. The highest BCUT2D eigenvalue weighted by Gasteiger charge is 2.05. The lowest BCUT2D eigenvalue weighted by Crippen LogP contribution is -1.86. The fourth-order valence-corrected chi connectivity index (χ4v) is 1.30. The maximum Gasteiger partial charge on any atom is 0.150 e. The van der Waals surface area contributed by atoms with E-state index in [0.29, 0.717) is 16.9 Å². The molecule has 0 radical (unpaired) electrons. The third-order valence-electron chi connectivity index (χ3n) is 1.91. The summed E-state index contributed by atoms with van der Waals surface area (Å²) in [5.74, 6) is 0.661. The third kappa shape index (κ3) is 1.18. The van der Waals surface area contributed by atoms with Crippen molar-refractivity contribution in [3.63, 3.8) is 0 Å². The van der Waals surface area contributed by atoms with E-state index in [1.165, 1.54) is 0 Å². The molecule has 2 rings (SSSR count). The standard InChI is InChI=1S/C10H8O3/c1-12-9-4-7(6-11)5-10-8(9)2-3-13-10/h2-6H,1H3. The van der Waals surface area contributed by atoms with E-state index in [1.54, 1.807) is 25.5 Å². The fourth-order valence-electron chi connectivity index (χ4n) is 1.30. The molecule has 0 aliphatic rings. The minimum atomic E-state index is 0.555. The highest BCUT2D eigenvalue weighted by molar-refractivity contribution is 5.90. The second-order valence-electron chi connectivity index (χ2n) is 2.67. The number of carbonyl (C=O) groups excluding carboxylic acids is 1. The summed E-state index contributed by atoms with van der Waals surface area (Å²) < 4.78 is 10.3. The van der Waals surface area contributed by atoms with Crippen LogP contribution in [-0.4, -0.2) is 13.4 Å². The van der Waals surface area contributed by atoms with Crippen LogP contribution in [0.4, 0.5) is 0 Å². The number of hydrogen-bond donors (Lipinski definition) is 0. The van der Waals surface area contributed by atoms with E-state index < -0.39 is 0 Å². The molecular weight excluding hydrogens is 168 g/mol. The zero-order valence-electron chi connectivity index (χ0n) is 7.11. The Bertz CT molecular complexity index is 442. The number of benzene rings is 1. The third-order valence-corrected chi connectivity index (χ3v) is 1.91. The van der Waals surface area contributed by atoms with Gasteiger partial charge in [-0.2, -0.15) is 0 Å². The van der Waals surface area contributed by atoms with Crippen molar-refractivity contribution in [3.8, 4) is 5.75 Å². The summed E-state index contributed by atoms with van der Waals surface area (Å²) in [6, 6.07) is 5.18. The molecule has 0 unspecified atom stereocenters. The lowest BCUT2D eigenvalue weighted by atomic mass is 10.1. The number of rotatable bonds is 2. The van der Waals surface area contributed by atoms with Crippen LogP contribution < -0.4 is 4.74 Å². The second kappa shape index (κ2) is 2.94. The zero-order chi connectivity index (χ0) is 9.26. The first-order chi connectivity index (χ1) is 6.35. The predicted molar refractivity (Wildman–Crippen MR) is 48.2 cm³/mol. The van der Waals surface area contributed by atoms with Gasteiger partial charge < -0.3 is 9.15 Å². The van der Waals surface area contributed by atoms with Crippen LogP contribution in [0, 0.1) is 0 Å². The van der Waals surface area contributed by atoms with Gasteiger partial charge in [-0.15, -0.1) is 0 Å². The summed E-state index contributed by atoms with van der Waals surface area (Å²) in [5, 5.41) is 0.883. The second-order valence-corrected chi connectivity index (χ2v) is 2.67. The van der Waals surface area contributed by atoms with Crippen molar-refractivity contribution in [1.82, 2.24) is 0 Å². The summed E-state index contributed by atoms with van der Waals surface area (Å²) in [6.45, 7) is 0. The van der Waals surface area contributed by atoms with Crippen LogP contribution in [0.25, 0.3) is 11.0 Å². The summed E-state index contributed by atoms with van der Waals surface area (Å²) in [4.78, 5) is 10.5. The molecule has 13 heavy (non-hydrogen) atoms. The van der Waals surface area contributed by atoms with Gasteiger partial charge in [-0.3, -0.25) is 4.79 Å². The number of aldehydes is 1. The molecule has 1 aromatic carbocycles. The normalized spacial score (nSPS) is 10.2. The maximum atomic E-state index is 10.5. The Kier molecular flexibility index (Phi) is 1.77. The van der Waals surface area contributed by atoms with Gasteiger partial charge in [-0.05, 0) is 18.2 Å². The van der Waals surface area contributed by atoms with Crippen molar-refractivity contribution in [3.05, 3.63) is 30.0 Å². The smallest absolute Gasteiger partial charge is 0.150 e. The lowest BCUT2D eigenvalue weighted by molar-refractivity contribution is 0.112. The van der Waals surface area contributed by atoms with Crippen LogP contribution in [0.3, 0.4) is 0 Å². The van der Waals surface area contributed by atoms with Crippen molar-refractivity contribution in [1.29, 1.82) is 0 Å². The molecular formula is C10H8O3. The predicted octanol–water partition coefficient (Wildman–Crippen LogP) is 2.25. The number of furan rings is 1. The topological polar surface area (TPSA) is 39.4 Å². The summed E-state index contributed by atoms with van der Waals surface area (Å²) >= 11 is 0. The molecule has 2 aromatic rings. The van der Waals surface area contributed by atoms with Gasteiger partial charge in [-0.25, -0.2) is 0 Å². The molecule has 1 heterocycles. The number of hydrogen-bond acceptors (Lipinski definition) is 3. The summed E-state index contributed by atoms with van der Waals surface area (Å²) in [5.41, 5.74) is 1.22. The van der Waals surface area contributed by atoms with Gasteiger partial charge in [0, 0.05) is 5.56 Å². The first kappa shape index (κ1) is 7.86. The van der Waals surface area contributed by atoms with E-state index in [9.17, 15) is 4.79 Å². The zero-order valence-corrected chi connectivity index (χ0v) is 7.11. The van der Waals surface area contributed by atoms with Gasteiger partial charge >= 0.3 is 0 Å². The molecule has 0 spiro atoms. The Labute approximate surface area is 74.9 Å². The Morgan fingerprint density at radius 1 is 1.46 bits per heavy atom.